The van der Waals surface area contributed by atoms with Gasteiger partial charge in [-0.1, -0.05) is 0 Å². The monoisotopic (exact) mass is 664 g/mol. The molecule has 3 saturated heterocycles. The maximum absolute atomic E-state index is 12.9. The van der Waals surface area contributed by atoms with Gasteiger partial charge >= 0.3 is 6.09 Å². The number of carbonyl (C=O) groups excluding carboxylic acids is 3. The summed E-state index contributed by atoms with van der Waals surface area (Å²) in [4.78, 5) is 48.6. The molecule has 0 atom stereocenters. The molecule has 0 aromatic carbocycles. The van der Waals surface area contributed by atoms with Crippen LogP contribution < -0.4 is 15.8 Å². The highest BCUT2D eigenvalue weighted by Crippen LogP contribution is 2.27. The van der Waals surface area contributed by atoms with E-state index < -0.39 is 5.60 Å². The first kappa shape index (κ1) is 33.3. The van der Waals surface area contributed by atoms with Crippen molar-refractivity contribution >= 4 is 39.7 Å². The van der Waals surface area contributed by atoms with Gasteiger partial charge in [0.05, 0.1) is 11.6 Å². The first-order valence-electron chi connectivity index (χ1n) is 15.7. The van der Waals surface area contributed by atoms with Gasteiger partial charge in [0.15, 0.2) is 0 Å². The lowest BCUT2D eigenvalue weighted by Gasteiger charge is -2.38. The summed E-state index contributed by atoms with van der Waals surface area (Å²) >= 11 is 3.34. The van der Waals surface area contributed by atoms with Crippen LogP contribution in [0.2, 0.25) is 0 Å². The Morgan fingerprint density at radius 1 is 0.977 bits per heavy atom. The molecule has 4 heterocycles. The van der Waals surface area contributed by atoms with Crippen LogP contribution >= 0.6 is 15.9 Å². The first-order valence-corrected chi connectivity index (χ1v) is 16.5. The van der Waals surface area contributed by atoms with Crippen LogP contribution in [0.3, 0.4) is 0 Å². The zero-order chi connectivity index (χ0) is 31.1. The summed E-state index contributed by atoms with van der Waals surface area (Å²) in [7, 11) is 1.48. The molecule has 3 aliphatic rings. The molecule has 11 nitrogen and oxygen atoms in total. The number of pyridine rings is 1. The Morgan fingerprint density at radius 2 is 1.58 bits per heavy atom. The van der Waals surface area contributed by atoms with Crippen molar-refractivity contribution in [2.45, 2.75) is 83.8 Å². The quantitative estimate of drug-likeness (QED) is 0.421. The van der Waals surface area contributed by atoms with E-state index in [9.17, 15) is 14.4 Å². The molecule has 3 amide bonds. The molecule has 43 heavy (non-hydrogen) atoms. The molecular formula is C31H49BrN6O5. The number of amides is 3. The number of nitrogen functional groups attached to an aromatic ring is 1. The zero-order valence-corrected chi connectivity index (χ0v) is 27.8. The number of nitrogens with two attached hydrogens (primary N) is 1. The molecule has 0 spiro atoms. The predicted molar refractivity (Wildman–Crippen MR) is 169 cm³/mol. The van der Waals surface area contributed by atoms with Crippen LogP contribution in [0.15, 0.2) is 10.5 Å². The van der Waals surface area contributed by atoms with Crippen LogP contribution in [-0.2, 0) is 9.53 Å². The second-order valence-corrected chi connectivity index (χ2v) is 14.1. The molecule has 0 bridgehead atoms. The van der Waals surface area contributed by atoms with E-state index in [0.29, 0.717) is 41.4 Å². The maximum atomic E-state index is 12.9. The van der Waals surface area contributed by atoms with E-state index in [0.717, 1.165) is 77.7 Å². The average Bonchev–Trinajstić information content (AvgIpc) is 2.97. The van der Waals surface area contributed by atoms with Crippen LogP contribution in [0.25, 0.3) is 0 Å². The Labute approximate surface area is 264 Å². The van der Waals surface area contributed by atoms with E-state index >= 15 is 0 Å². The zero-order valence-electron chi connectivity index (χ0n) is 26.2. The van der Waals surface area contributed by atoms with E-state index in [-0.39, 0.29) is 35.6 Å². The van der Waals surface area contributed by atoms with Crippen molar-refractivity contribution in [1.82, 2.24) is 25.0 Å². The summed E-state index contributed by atoms with van der Waals surface area (Å²) in [6.07, 6.45) is 6.98. The van der Waals surface area contributed by atoms with E-state index in [1.54, 1.807) is 11.0 Å². The number of hydrogen-bond acceptors (Lipinski definition) is 8. The molecule has 240 valence electrons. The lowest BCUT2D eigenvalue weighted by atomic mass is 9.91. The molecule has 3 aliphatic heterocycles. The second-order valence-electron chi connectivity index (χ2n) is 13.2. The minimum Gasteiger partial charge on any atom is -0.480 e. The lowest BCUT2D eigenvalue weighted by Crippen LogP contribution is -2.47. The van der Waals surface area contributed by atoms with Crippen LogP contribution in [0.1, 0.15) is 82.5 Å². The van der Waals surface area contributed by atoms with Gasteiger partial charge in [0.1, 0.15) is 17.0 Å². The molecule has 12 heteroatoms. The molecule has 0 unspecified atom stereocenters. The van der Waals surface area contributed by atoms with Gasteiger partial charge in [-0.2, -0.15) is 4.98 Å². The molecule has 0 saturated carbocycles. The number of nitrogens with one attached hydrogen (secondary N) is 1. The number of anilines is 1. The Morgan fingerprint density at radius 3 is 2.19 bits per heavy atom. The molecule has 3 fully saturated rings. The number of aromatic nitrogens is 1. The summed E-state index contributed by atoms with van der Waals surface area (Å²) in [6.45, 7) is 11.7. The number of carbonyl (C=O) groups is 3. The summed E-state index contributed by atoms with van der Waals surface area (Å²) in [5.74, 6) is 1.65. The maximum Gasteiger partial charge on any atom is 0.410 e. The summed E-state index contributed by atoms with van der Waals surface area (Å²) in [6, 6.07) is 1.76. The highest BCUT2D eigenvalue weighted by Gasteiger charge is 2.30. The SMILES string of the molecule is COc1nc(N)c(Br)cc1C(=O)NC1CCN(CC2CCN(C(=O)CCC3CCN(C(=O)OC(C)(C)C)CC3)CC2)CC1. The van der Waals surface area contributed by atoms with Crippen molar-refractivity contribution < 1.29 is 23.9 Å². The van der Waals surface area contributed by atoms with Crippen LogP contribution in [0.5, 0.6) is 5.88 Å². The Bertz CT molecular complexity index is 1120. The topological polar surface area (TPSA) is 130 Å². The largest absolute Gasteiger partial charge is 0.480 e. The van der Waals surface area contributed by atoms with Gasteiger partial charge in [-0.15, -0.1) is 0 Å². The van der Waals surface area contributed by atoms with Gasteiger partial charge in [0, 0.05) is 58.3 Å². The number of methoxy groups -OCH3 is 1. The van der Waals surface area contributed by atoms with Gasteiger partial charge in [-0.25, -0.2) is 4.79 Å². The van der Waals surface area contributed by atoms with E-state index in [4.69, 9.17) is 15.2 Å². The standard InChI is InChI=1S/C31H49BrN6O5/c1-31(2,3)43-30(41)38-17-7-21(8-18-38)5-6-26(39)37-15-9-22(10-16-37)20-36-13-11-23(12-14-36)34-28(40)24-19-25(32)27(33)35-29(24)42-4/h19,21-23H,5-18,20H2,1-4H3,(H2,33,35)(H,34,40). The van der Waals surface area contributed by atoms with E-state index in [1.165, 1.54) is 7.11 Å². The number of ether oxygens (including phenoxy) is 2. The van der Waals surface area contributed by atoms with Crippen molar-refractivity contribution in [2.24, 2.45) is 11.8 Å². The second kappa shape index (κ2) is 14.9. The minimum absolute atomic E-state index is 0.105. The number of halogens is 1. The highest BCUT2D eigenvalue weighted by atomic mass is 79.9. The molecule has 4 rings (SSSR count). The summed E-state index contributed by atoms with van der Waals surface area (Å²) in [5.41, 5.74) is 5.72. The number of likely N-dealkylation sites (tertiary alicyclic amines) is 3. The van der Waals surface area contributed by atoms with Crippen molar-refractivity contribution in [2.75, 3.05) is 58.7 Å². The number of rotatable bonds is 8. The third-order valence-corrected chi connectivity index (χ3v) is 9.48. The molecule has 3 N–H and O–H groups in total. The fraction of sp³-hybridized carbons (Fsp3) is 0.742. The Balaban J connectivity index is 1.10. The predicted octanol–water partition coefficient (Wildman–Crippen LogP) is 4.30. The van der Waals surface area contributed by atoms with Gasteiger partial charge in [-0.05, 0) is 99.5 Å². The number of nitrogens with zero attached hydrogens (tertiary/aromatic N) is 4. The van der Waals surface area contributed by atoms with E-state index in [1.807, 2.05) is 25.7 Å². The summed E-state index contributed by atoms with van der Waals surface area (Å²) in [5, 5.41) is 3.14. The van der Waals surface area contributed by atoms with Crippen molar-refractivity contribution in [3.63, 3.8) is 0 Å². The molecule has 0 radical (unpaired) electrons. The van der Waals surface area contributed by atoms with Gasteiger partial charge in [0.2, 0.25) is 11.8 Å². The Hall–Kier alpha value is -2.60. The normalized spacial score (nSPS) is 19.7. The van der Waals surface area contributed by atoms with Gasteiger partial charge in [-0.3, -0.25) is 9.59 Å². The smallest absolute Gasteiger partial charge is 0.410 e. The van der Waals surface area contributed by atoms with Gasteiger partial charge in [0.25, 0.3) is 5.91 Å². The van der Waals surface area contributed by atoms with Crippen molar-refractivity contribution in [1.29, 1.82) is 0 Å². The van der Waals surface area contributed by atoms with Crippen molar-refractivity contribution in [3.8, 4) is 5.88 Å². The molecular weight excluding hydrogens is 616 g/mol. The van der Waals surface area contributed by atoms with Gasteiger partial charge < -0.3 is 35.2 Å². The lowest BCUT2D eigenvalue weighted by molar-refractivity contribution is -0.133. The highest BCUT2D eigenvalue weighted by molar-refractivity contribution is 9.10. The number of piperidine rings is 3. The molecule has 1 aromatic heterocycles. The third-order valence-electron chi connectivity index (χ3n) is 8.85. The molecule has 0 aliphatic carbocycles. The molecule has 1 aromatic rings. The minimum atomic E-state index is -0.477. The van der Waals surface area contributed by atoms with Crippen LogP contribution in [-0.4, -0.2) is 102 Å². The average molecular weight is 666 g/mol. The number of hydrogen-bond donors (Lipinski definition) is 2. The van der Waals surface area contributed by atoms with E-state index in [2.05, 4.69) is 31.1 Å². The fourth-order valence-corrected chi connectivity index (χ4v) is 6.59. The van der Waals surface area contributed by atoms with Crippen molar-refractivity contribution in [3.05, 3.63) is 16.1 Å². The fourth-order valence-electron chi connectivity index (χ4n) is 6.27. The third kappa shape index (κ3) is 9.69. The van der Waals surface area contributed by atoms with Crippen LogP contribution in [0.4, 0.5) is 10.6 Å². The summed E-state index contributed by atoms with van der Waals surface area (Å²) < 4.78 is 11.3. The van der Waals surface area contributed by atoms with Crippen LogP contribution in [0, 0.1) is 11.8 Å². The first-order chi connectivity index (χ1) is 20.4. The Kier molecular flexibility index (Phi) is 11.6.